The Labute approximate surface area is 171 Å². The number of tetrazole rings is 1. The normalized spacial score (nSPS) is 16.1. The number of hydrogen-bond acceptors (Lipinski definition) is 6. The number of hydrogen-bond donors (Lipinski definition) is 0. The van der Waals surface area contributed by atoms with Gasteiger partial charge in [0.2, 0.25) is 0 Å². The molecule has 1 aliphatic rings. The summed E-state index contributed by atoms with van der Waals surface area (Å²) < 4.78 is 20.2. The molecule has 1 atom stereocenters. The smallest absolute Gasteiger partial charge is 0.252 e. The van der Waals surface area contributed by atoms with Crippen LogP contribution in [-0.4, -0.2) is 49.3 Å². The molecule has 9 heteroatoms. The van der Waals surface area contributed by atoms with Gasteiger partial charge < -0.3 is 9.42 Å². The van der Waals surface area contributed by atoms with E-state index < -0.39 is 6.04 Å². The Kier molecular flexibility index (Phi) is 4.70. The van der Waals surface area contributed by atoms with Gasteiger partial charge in [-0.2, -0.15) is 0 Å². The van der Waals surface area contributed by atoms with Crippen LogP contribution in [0.25, 0.3) is 11.0 Å². The molecule has 8 nitrogen and oxygen atoms in total. The van der Waals surface area contributed by atoms with Gasteiger partial charge in [0.1, 0.15) is 12.1 Å². The maximum Gasteiger partial charge on any atom is 0.252 e. The molecule has 1 aliphatic heterocycles. The van der Waals surface area contributed by atoms with Crippen molar-refractivity contribution in [3.8, 4) is 0 Å². The van der Waals surface area contributed by atoms with E-state index in [1.54, 1.807) is 6.07 Å². The van der Waals surface area contributed by atoms with Gasteiger partial charge in [-0.3, -0.25) is 4.79 Å². The Bertz CT molecular complexity index is 1150. The molecule has 2 aromatic carbocycles. The van der Waals surface area contributed by atoms with Gasteiger partial charge in [0.15, 0.2) is 11.6 Å². The zero-order valence-electron chi connectivity index (χ0n) is 16.1. The van der Waals surface area contributed by atoms with Crippen LogP contribution in [0.3, 0.4) is 0 Å². The number of likely N-dealkylation sites (tertiary alicyclic amines) is 1. The molecule has 1 fully saturated rings. The van der Waals surface area contributed by atoms with Gasteiger partial charge in [-0.05, 0) is 41.0 Å². The van der Waals surface area contributed by atoms with Crippen LogP contribution in [-0.2, 0) is 4.79 Å². The zero-order chi connectivity index (χ0) is 20.5. The van der Waals surface area contributed by atoms with Crippen LogP contribution in [0.15, 0.2) is 59.4 Å². The molecule has 30 heavy (non-hydrogen) atoms. The Morgan fingerprint density at radius 1 is 1.13 bits per heavy atom. The number of halogens is 1. The summed E-state index contributed by atoms with van der Waals surface area (Å²) in [6, 6.07) is 13.4. The fourth-order valence-corrected chi connectivity index (χ4v) is 4.10. The second kappa shape index (κ2) is 7.66. The van der Waals surface area contributed by atoms with Gasteiger partial charge in [-0.15, -0.1) is 5.10 Å². The third-order valence-corrected chi connectivity index (χ3v) is 5.63. The lowest BCUT2D eigenvalue weighted by molar-refractivity contribution is -0.135. The highest BCUT2D eigenvalue weighted by Crippen LogP contribution is 2.33. The Balaban J connectivity index is 1.34. The highest BCUT2D eigenvalue weighted by atomic mass is 19.1. The van der Waals surface area contributed by atoms with Crippen molar-refractivity contribution in [2.24, 2.45) is 0 Å². The lowest BCUT2D eigenvalue weighted by Gasteiger charge is -2.33. The molecule has 152 valence electrons. The summed E-state index contributed by atoms with van der Waals surface area (Å²) in [5.74, 6) is -0.233. The van der Waals surface area contributed by atoms with Crippen molar-refractivity contribution in [2.75, 3.05) is 13.1 Å². The predicted octanol–water partition coefficient (Wildman–Crippen LogP) is 2.95. The number of fused-ring (bicyclic) bond motifs is 1. The first-order chi connectivity index (χ1) is 14.7. The molecule has 0 spiro atoms. The average molecular weight is 406 g/mol. The van der Waals surface area contributed by atoms with Crippen molar-refractivity contribution in [3.05, 3.63) is 71.9 Å². The van der Waals surface area contributed by atoms with E-state index in [1.165, 1.54) is 23.1 Å². The first-order valence-corrected chi connectivity index (χ1v) is 9.82. The molecular formula is C21H19FN6O2. The van der Waals surface area contributed by atoms with E-state index in [1.807, 2.05) is 35.2 Å². The molecule has 0 unspecified atom stereocenters. The number of piperidine rings is 1. The van der Waals surface area contributed by atoms with Crippen LogP contribution < -0.4 is 0 Å². The van der Waals surface area contributed by atoms with Crippen molar-refractivity contribution in [2.45, 2.75) is 24.8 Å². The molecular weight excluding hydrogens is 387 g/mol. The van der Waals surface area contributed by atoms with E-state index in [-0.39, 0.29) is 17.6 Å². The minimum absolute atomic E-state index is 0.0426. The molecule has 0 saturated carbocycles. The summed E-state index contributed by atoms with van der Waals surface area (Å²) in [4.78, 5) is 15.2. The molecule has 0 bridgehead atoms. The van der Waals surface area contributed by atoms with Crippen LogP contribution in [0.5, 0.6) is 0 Å². The first kappa shape index (κ1) is 18.4. The number of aromatic nitrogens is 5. The molecule has 0 N–H and O–H groups in total. The van der Waals surface area contributed by atoms with Crippen molar-refractivity contribution < 1.29 is 13.7 Å². The standard InChI is InChI=1S/C21H19FN6O2/c22-16-6-7-17-18(12-16)30-24-19(17)14-8-10-27(11-9-14)21(29)20(28-13-23-25-26-28)15-4-2-1-3-5-15/h1-7,12-14,20H,8-11H2/t20-/m0/s1. The first-order valence-electron chi connectivity index (χ1n) is 9.82. The summed E-state index contributed by atoms with van der Waals surface area (Å²) in [7, 11) is 0. The average Bonchev–Trinajstić information content (AvgIpc) is 3.45. The van der Waals surface area contributed by atoms with Crippen LogP contribution >= 0.6 is 0 Å². The van der Waals surface area contributed by atoms with Crippen LogP contribution in [0, 0.1) is 5.82 Å². The number of amides is 1. The van der Waals surface area contributed by atoms with Gasteiger partial charge in [0.05, 0.1) is 5.69 Å². The molecule has 5 rings (SSSR count). The number of nitrogens with zero attached hydrogens (tertiary/aromatic N) is 6. The summed E-state index contributed by atoms with van der Waals surface area (Å²) >= 11 is 0. The Morgan fingerprint density at radius 3 is 2.67 bits per heavy atom. The lowest BCUT2D eigenvalue weighted by atomic mass is 9.91. The Morgan fingerprint density at radius 2 is 1.93 bits per heavy atom. The second-order valence-corrected chi connectivity index (χ2v) is 7.41. The number of carbonyl (C=O) groups is 1. The molecule has 0 radical (unpaired) electrons. The monoisotopic (exact) mass is 406 g/mol. The highest BCUT2D eigenvalue weighted by Gasteiger charge is 2.33. The van der Waals surface area contributed by atoms with Gasteiger partial charge in [-0.1, -0.05) is 35.5 Å². The quantitative estimate of drug-likeness (QED) is 0.518. The van der Waals surface area contributed by atoms with Crippen LogP contribution in [0.2, 0.25) is 0 Å². The number of benzene rings is 2. The van der Waals surface area contributed by atoms with Gasteiger partial charge in [0.25, 0.3) is 5.91 Å². The van der Waals surface area contributed by atoms with Crippen LogP contribution in [0.4, 0.5) is 4.39 Å². The highest BCUT2D eigenvalue weighted by molar-refractivity contribution is 5.84. The maximum absolute atomic E-state index is 13.4. The lowest BCUT2D eigenvalue weighted by Crippen LogP contribution is -2.42. The largest absolute Gasteiger partial charge is 0.356 e. The van der Waals surface area contributed by atoms with Crippen molar-refractivity contribution >= 4 is 16.9 Å². The van der Waals surface area contributed by atoms with Gasteiger partial charge in [0, 0.05) is 30.5 Å². The maximum atomic E-state index is 13.4. The van der Waals surface area contributed by atoms with Crippen molar-refractivity contribution in [1.82, 2.24) is 30.3 Å². The van der Waals surface area contributed by atoms with Crippen LogP contribution in [0.1, 0.15) is 36.1 Å². The van der Waals surface area contributed by atoms with E-state index in [9.17, 15) is 9.18 Å². The van der Waals surface area contributed by atoms with Crippen molar-refractivity contribution in [1.29, 1.82) is 0 Å². The molecule has 3 heterocycles. The fraction of sp³-hybridized carbons (Fsp3) is 0.286. The predicted molar refractivity (Wildman–Crippen MR) is 105 cm³/mol. The van der Waals surface area contributed by atoms with E-state index in [4.69, 9.17) is 4.52 Å². The minimum Gasteiger partial charge on any atom is -0.356 e. The van der Waals surface area contributed by atoms with Crippen molar-refractivity contribution in [3.63, 3.8) is 0 Å². The van der Waals surface area contributed by atoms with Gasteiger partial charge >= 0.3 is 0 Å². The fourth-order valence-electron chi connectivity index (χ4n) is 4.10. The molecule has 2 aromatic heterocycles. The minimum atomic E-state index is -0.603. The summed E-state index contributed by atoms with van der Waals surface area (Å²) in [6.45, 7) is 1.18. The van der Waals surface area contributed by atoms with E-state index >= 15 is 0 Å². The van der Waals surface area contributed by atoms with E-state index in [2.05, 4.69) is 20.7 Å². The molecule has 1 saturated heterocycles. The summed E-state index contributed by atoms with van der Waals surface area (Å²) in [6.07, 6.45) is 2.96. The third-order valence-electron chi connectivity index (χ3n) is 5.63. The number of carbonyl (C=O) groups excluding carboxylic acids is 1. The number of rotatable bonds is 4. The zero-order valence-corrected chi connectivity index (χ0v) is 16.1. The van der Waals surface area contributed by atoms with E-state index in [0.717, 1.165) is 29.5 Å². The SMILES string of the molecule is O=C([C@H](c1ccccc1)n1cnnn1)N1CCC(c2noc3cc(F)ccc23)CC1. The summed E-state index contributed by atoms with van der Waals surface area (Å²) in [5.41, 5.74) is 2.12. The topological polar surface area (TPSA) is 89.9 Å². The third kappa shape index (κ3) is 3.32. The Hall–Kier alpha value is -3.62. The van der Waals surface area contributed by atoms with Gasteiger partial charge in [-0.25, -0.2) is 9.07 Å². The second-order valence-electron chi connectivity index (χ2n) is 7.41. The molecule has 1 amide bonds. The molecule has 4 aromatic rings. The van der Waals surface area contributed by atoms with E-state index in [0.29, 0.717) is 18.7 Å². The molecule has 0 aliphatic carbocycles. The summed E-state index contributed by atoms with van der Waals surface area (Å²) in [5, 5.41) is 16.4.